The Bertz CT molecular complexity index is 1080. The Kier molecular flexibility index (Phi) is 4.75. The third-order valence-corrected chi connectivity index (χ3v) is 3.76. The molecule has 0 spiro atoms. The van der Waals surface area contributed by atoms with Crippen LogP contribution >= 0.6 is 0 Å². The third-order valence-electron chi connectivity index (χ3n) is 3.76. The zero-order valence-corrected chi connectivity index (χ0v) is 14.6. The van der Waals surface area contributed by atoms with Gasteiger partial charge in [0.15, 0.2) is 5.82 Å². The number of halogens is 2. The van der Waals surface area contributed by atoms with Crippen molar-refractivity contribution in [3.8, 4) is 28.7 Å². The number of hydrogen-bond acceptors (Lipinski definition) is 7. The highest BCUT2D eigenvalue weighted by atomic mass is 19.3. The number of rotatable bonds is 6. The zero-order valence-electron chi connectivity index (χ0n) is 14.6. The smallest absolute Gasteiger partial charge is 0.314 e. The molecule has 0 aromatic carbocycles. The van der Waals surface area contributed by atoms with Crippen LogP contribution in [0.15, 0.2) is 47.3 Å². The molecule has 8 nitrogen and oxygen atoms in total. The van der Waals surface area contributed by atoms with E-state index in [1.54, 1.807) is 36.7 Å². The van der Waals surface area contributed by atoms with Gasteiger partial charge in [0.05, 0.1) is 11.3 Å². The van der Waals surface area contributed by atoms with Crippen LogP contribution in [-0.2, 0) is 6.61 Å². The monoisotopic (exact) mass is 384 g/mol. The summed E-state index contributed by atoms with van der Waals surface area (Å²) >= 11 is 0. The first-order valence-electron chi connectivity index (χ1n) is 8.26. The molecular weight excluding hydrogens is 370 g/mol. The van der Waals surface area contributed by atoms with Crippen molar-refractivity contribution in [2.75, 3.05) is 0 Å². The Hall–Kier alpha value is -3.69. The predicted octanol–water partition coefficient (Wildman–Crippen LogP) is 3.74. The molecule has 4 heterocycles. The molecule has 1 N–H and O–H groups in total. The lowest BCUT2D eigenvalue weighted by atomic mass is 10.2. The Morgan fingerprint density at radius 2 is 2.00 bits per heavy atom. The van der Waals surface area contributed by atoms with Crippen LogP contribution in [0.25, 0.3) is 23.0 Å². The molecule has 0 amide bonds. The van der Waals surface area contributed by atoms with Gasteiger partial charge in [0.25, 0.3) is 5.89 Å². The highest BCUT2D eigenvalue weighted by Crippen LogP contribution is 2.23. The zero-order chi connectivity index (χ0) is 19.5. The van der Waals surface area contributed by atoms with E-state index >= 15 is 0 Å². The average Bonchev–Trinajstić information content (AvgIpc) is 3.37. The maximum absolute atomic E-state index is 12.5. The molecule has 0 fully saturated rings. The summed E-state index contributed by atoms with van der Waals surface area (Å²) in [5.41, 5.74) is 2.70. The normalized spacial score (nSPS) is 11.1. The standard InChI is InChI=1S/C18H14F2N6O2/c1-10-7-23-16(24-10)14-6-13(4-5-21-14)27-9-12-3-2-11(8-22-12)17-25-26-18(28-17)15(19)20/h2-8,15H,9H2,1H3,(H,23,24). The second kappa shape index (κ2) is 7.51. The lowest BCUT2D eigenvalue weighted by molar-refractivity contribution is 0.116. The van der Waals surface area contributed by atoms with Crippen LogP contribution < -0.4 is 4.74 Å². The molecule has 4 aromatic rings. The summed E-state index contributed by atoms with van der Waals surface area (Å²) in [5, 5.41) is 6.88. The average molecular weight is 384 g/mol. The summed E-state index contributed by atoms with van der Waals surface area (Å²) in [6, 6.07) is 6.85. The van der Waals surface area contributed by atoms with E-state index in [1.165, 1.54) is 6.20 Å². The van der Waals surface area contributed by atoms with Crippen LogP contribution in [0.4, 0.5) is 8.78 Å². The van der Waals surface area contributed by atoms with E-state index in [2.05, 4.69) is 30.1 Å². The topological polar surface area (TPSA) is 103 Å². The summed E-state index contributed by atoms with van der Waals surface area (Å²) in [6.45, 7) is 2.13. The van der Waals surface area contributed by atoms with Gasteiger partial charge in [0, 0.05) is 30.4 Å². The molecule has 0 aliphatic rings. The summed E-state index contributed by atoms with van der Waals surface area (Å²) in [6.07, 6.45) is 2.02. The van der Waals surface area contributed by atoms with Crippen molar-refractivity contribution in [2.45, 2.75) is 20.0 Å². The van der Waals surface area contributed by atoms with Crippen LogP contribution in [0.3, 0.4) is 0 Å². The maximum atomic E-state index is 12.5. The number of H-pyrrole nitrogens is 1. The lowest BCUT2D eigenvalue weighted by Crippen LogP contribution is -1.99. The molecule has 28 heavy (non-hydrogen) atoms. The molecule has 0 unspecified atom stereocenters. The number of nitrogens with zero attached hydrogens (tertiary/aromatic N) is 5. The van der Waals surface area contributed by atoms with Crippen molar-refractivity contribution in [3.63, 3.8) is 0 Å². The van der Waals surface area contributed by atoms with Crippen LogP contribution in [0.2, 0.25) is 0 Å². The predicted molar refractivity (Wildman–Crippen MR) is 93.4 cm³/mol. The molecule has 0 bridgehead atoms. The van der Waals surface area contributed by atoms with Crippen molar-refractivity contribution in [1.29, 1.82) is 0 Å². The number of nitrogens with one attached hydrogen (secondary N) is 1. The van der Waals surface area contributed by atoms with Gasteiger partial charge in [-0.2, -0.15) is 8.78 Å². The Balaban J connectivity index is 1.42. The van der Waals surface area contributed by atoms with Gasteiger partial charge in [0.2, 0.25) is 5.89 Å². The highest BCUT2D eigenvalue weighted by molar-refractivity contribution is 5.52. The number of ether oxygens (including phenoxy) is 1. The number of imidazole rings is 1. The summed E-state index contributed by atoms with van der Waals surface area (Å²) < 4.78 is 35.7. The SMILES string of the molecule is Cc1cnc(-c2cc(OCc3ccc(-c4nnc(C(F)F)o4)cn3)ccn2)[nH]1. The van der Waals surface area contributed by atoms with Gasteiger partial charge in [-0.1, -0.05) is 0 Å². The second-order valence-corrected chi connectivity index (χ2v) is 5.86. The number of hydrogen-bond donors (Lipinski definition) is 1. The first-order chi connectivity index (χ1) is 13.6. The van der Waals surface area contributed by atoms with E-state index in [-0.39, 0.29) is 12.5 Å². The van der Waals surface area contributed by atoms with Crippen molar-refractivity contribution in [2.24, 2.45) is 0 Å². The minimum atomic E-state index is -2.81. The van der Waals surface area contributed by atoms with E-state index in [0.717, 1.165) is 5.69 Å². The van der Waals surface area contributed by atoms with Crippen LogP contribution in [-0.4, -0.2) is 30.1 Å². The molecule has 142 valence electrons. The van der Waals surface area contributed by atoms with Crippen molar-refractivity contribution < 1.29 is 17.9 Å². The van der Waals surface area contributed by atoms with Crippen molar-refractivity contribution >= 4 is 0 Å². The lowest BCUT2D eigenvalue weighted by Gasteiger charge is -2.07. The second-order valence-electron chi connectivity index (χ2n) is 5.86. The van der Waals surface area contributed by atoms with E-state index in [9.17, 15) is 8.78 Å². The van der Waals surface area contributed by atoms with Crippen LogP contribution in [0.5, 0.6) is 5.75 Å². The number of aryl methyl sites for hydroxylation is 1. The number of aromatic nitrogens is 6. The molecular formula is C18H14F2N6O2. The van der Waals surface area contributed by atoms with E-state index < -0.39 is 12.3 Å². The Labute approximate surface area is 157 Å². The highest BCUT2D eigenvalue weighted by Gasteiger charge is 2.17. The Morgan fingerprint density at radius 1 is 1.11 bits per heavy atom. The molecule has 0 aliphatic heterocycles. The van der Waals surface area contributed by atoms with Gasteiger partial charge in [-0.3, -0.25) is 9.97 Å². The van der Waals surface area contributed by atoms with Gasteiger partial charge in [0.1, 0.15) is 18.1 Å². The molecule has 0 aliphatic carbocycles. The molecule has 4 aromatic heterocycles. The van der Waals surface area contributed by atoms with Crippen LogP contribution in [0, 0.1) is 6.92 Å². The maximum Gasteiger partial charge on any atom is 0.314 e. The number of aromatic amines is 1. The van der Waals surface area contributed by atoms with Gasteiger partial charge >= 0.3 is 6.43 Å². The summed E-state index contributed by atoms with van der Waals surface area (Å²) in [5.74, 6) is 0.544. The fourth-order valence-electron chi connectivity index (χ4n) is 2.41. The first kappa shape index (κ1) is 17.7. The number of alkyl halides is 2. The minimum absolute atomic E-state index is 0.0113. The summed E-state index contributed by atoms with van der Waals surface area (Å²) in [7, 11) is 0. The minimum Gasteiger partial charge on any atom is -0.487 e. The molecule has 0 saturated carbocycles. The van der Waals surface area contributed by atoms with Crippen LogP contribution in [0.1, 0.15) is 23.7 Å². The van der Waals surface area contributed by atoms with Gasteiger partial charge in [-0.25, -0.2) is 4.98 Å². The molecule has 10 heteroatoms. The largest absolute Gasteiger partial charge is 0.487 e. The van der Waals surface area contributed by atoms with Gasteiger partial charge in [-0.05, 0) is 25.1 Å². The fourth-order valence-corrected chi connectivity index (χ4v) is 2.41. The quantitative estimate of drug-likeness (QED) is 0.540. The third kappa shape index (κ3) is 3.85. The first-order valence-corrected chi connectivity index (χ1v) is 8.26. The molecule has 0 atom stereocenters. The van der Waals surface area contributed by atoms with Crippen molar-refractivity contribution in [3.05, 3.63) is 60.1 Å². The molecule has 0 radical (unpaired) electrons. The van der Waals surface area contributed by atoms with E-state index in [1.807, 2.05) is 6.92 Å². The fraction of sp³-hybridized carbons (Fsp3) is 0.167. The summed E-state index contributed by atoms with van der Waals surface area (Å²) in [4.78, 5) is 15.9. The number of pyridine rings is 2. The Morgan fingerprint density at radius 3 is 2.68 bits per heavy atom. The molecule has 4 rings (SSSR count). The van der Waals surface area contributed by atoms with Gasteiger partial charge in [-0.15, -0.1) is 10.2 Å². The van der Waals surface area contributed by atoms with E-state index in [0.29, 0.717) is 28.5 Å². The van der Waals surface area contributed by atoms with E-state index in [4.69, 9.17) is 9.15 Å². The van der Waals surface area contributed by atoms with Gasteiger partial charge < -0.3 is 14.1 Å². The molecule has 0 saturated heterocycles. The van der Waals surface area contributed by atoms with Crippen molar-refractivity contribution in [1.82, 2.24) is 30.1 Å².